The van der Waals surface area contributed by atoms with Crippen molar-refractivity contribution in [1.82, 2.24) is 0 Å². The van der Waals surface area contributed by atoms with Gasteiger partial charge in [0, 0.05) is 5.97 Å². The van der Waals surface area contributed by atoms with Crippen molar-refractivity contribution in [2.24, 2.45) is 0 Å². The van der Waals surface area contributed by atoms with Crippen LogP contribution >= 0.6 is 7.26 Å². The van der Waals surface area contributed by atoms with Crippen molar-refractivity contribution < 1.29 is 9.90 Å². The highest BCUT2D eigenvalue weighted by Gasteiger charge is 2.48. The lowest BCUT2D eigenvalue weighted by Gasteiger charge is -2.31. The maximum absolute atomic E-state index is 9.26. The first-order chi connectivity index (χ1) is 13.0. The number of benzene rings is 3. The van der Waals surface area contributed by atoms with Crippen molar-refractivity contribution in [2.75, 3.05) is 0 Å². The van der Waals surface area contributed by atoms with E-state index >= 15 is 0 Å². The molecular formula is C24H27O2P. The van der Waals surface area contributed by atoms with E-state index in [0.717, 1.165) is 0 Å². The Morgan fingerprint density at radius 3 is 1.19 bits per heavy atom. The van der Waals surface area contributed by atoms with Crippen LogP contribution in [0, 0.1) is 0 Å². The highest BCUT2D eigenvalue weighted by Crippen LogP contribution is 2.59. The second-order valence-corrected chi connectivity index (χ2v) is 10.6. The highest BCUT2D eigenvalue weighted by molar-refractivity contribution is 7.96. The highest BCUT2D eigenvalue weighted by atomic mass is 31.2. The smallest absolute Gasteiger partial charge is 0.114 e. The van der Waals surface area contributed by atoms with E-state index < -0.39 is 13.2 Å². The molecule has 0 N–H and O–H groups in total. The van der Waals surface area contributed by atoms with Crippen LogP contribution in [-0.2, 0) is 4.79 Å². The zero-order valence-electron chi connectivity index (χ0n) is 16.2. The predicted octanol–water partition coefficient (Wildman–Crippen LogP) is 3.54. The number of carbonyl (C=O) groups is 1. The predicted molar refractivity (Wildman–Crippen MR) is 116 cm³/mol. The van der Waals surface area contributed by atoms with Crippen LogP contribution in [0.5, 0.6) is 0 Å². The molecule has 3 aromatic carbocycles. The third-order valence-corrected chi connectivity index (χ3v) is 9.44. The Labute approximate surface area is 163 Å². The van der Waals surface area contributed by atoms with E-state index in [0.29, 0.717) is 5.66 Å². The zero-order valence-corrected chi connectivity index (χ0v) is 17.1. The molecule has 3 heteroatoms. The van der Waals surface area contributed by atoms with Gasteiger partial charge in [-0.3, -0.25) is 0 Å². The molecule has 0 fully saturated rings. The molecule has 0 aromatic heterocycles. The van der Waals surface area contributed by atoms with Crippen LogP contribution in [0.15, 0.2) is 91.0 Å². The van der Waals surface area contributed by atoms with Gasteiger partial charge in [-0.2, -0.15) is 0 Å². The van der Waals surface area contributed by atoms with E-state index in [2.05, 4.69) is 105 Å². The fourth-order valence-corrected chi connectivity index (χ4v) is 7.94. The van der Waals surface area contributed by atoms with Crippen LogP contribution in [0.25, 0.3) is 0 Å². The van der Waals surface area contributed by atoms with Gasteiger partial charge in [-0.25, -0.2) is 0 Å². The summed E-state index contributed by atoms with van der Waals surface area (Å²) < 4.78 is 0. The first-order valence-corrected chi connectivity index (χ1v) is 11.1. The lowest BCUT2D eigenvalue weighted by molar-refractivity contribution is -0.305. The number of carboxylic acids is 1. The number of hydrogen-bond acceptors (Lipinski definition) is 2. The van der Waals surface area contributed by atoms with E-state index in [1.165, 1.54) is 22.8 Å². The van der Waals surface area contributed by atoms with E-state index in [4.69, 9.17) is 0 Å². The van der Waals surface area contributed by atoms with Gasteiger partial charge >= 0.3 is 0 Å². The average molecular weight is 378 g/mol. The standard InChI is InChI=1S/C21H22P.C3H6O2/c1-18(2)22(19-12-6-3-7-13-19,20-14-8-4-9-15-20)21-16-10-5-11-17-21;1-2-3(4)5/h3-18H,1-2H3;2H2,1H3,(H,4,5)/q+1;/p-1. The first-order valence-electron chi connectivity index (χ1n) is 9.28. The molecule has 0 aliphatic carbocycles. The maximum atomic E-state index is 9.26. The van der Waals surface area contributed by atoms with Crippen molar-refractivity contribution in [3.05, 3.63) is 91.0 Å². The molecular weight excluding hydrogens is 351 g/mol. The summed E-state index contributed by atoms with van der Waals surface area (Å²) in [5.74, 6) is -0.995. The molecule has 0 heterocycles. The van der Waals surface area contributed by atoms with Gasteiger partial charge in [0.1, 0.15) is 23.2 Å². The molecule has 140 valence electrons. The molecule has 0 saturated carbocycles. The van der Waals surface area contributed by atoms with Crippen LogP contribution in [-0.4, -0.2) is 11.6 Å². The number of rotatable bonds is 5. The monoisotopic (exact) mass is 378 g/mol. The van der Waals surface area contributed by atoms with E-state index in [1.807, 2.05) is 0 Å². The molecule has 0 amide bonds. The SMILES string of the molecule is CC(C)[P+](c1ccccc1)(c1ccccc1)c1ccccc1.CCC(=O)[O-]. The van der Waals surface area contributed by atoms with Crippen molar-refractivity contribution in [3.8, 4) is 0 Å². The Hall–Kier alpha value is -2.44. The summed E-state index contributed by atoms with van der Waals surface area (Å²) in [7, 11) is -1.63. The van der Waals surface area contributed by atoms with Crippen molar-refractivity contribution in [2.45, 2.75) is 32.9 Å². The second-order valence-electron chi connectivity index (χ2n) is 6.55. The van der Waals surface area contributed by atoms with E-state index in [1.54, 1.807) is 0 Å². The Morgan fingerprint density at radius 1 is 0.741 bits per heavy atom. The lowest BCUT2D eigenvalue weighted by atomic mass is 10.3. The van der Waals surface area contributed by atoms with Crippen LogP contribution in [0.1, 0.15) is 27.2 Å². The first kappa shape index (κ1) is 20.9. The summed E-state index contributed by atoms with van der Waals surface area (Å²) in [5, 5.41) is 13.6. The minimum absolute atomic E-state index is 0.111. The fraction of sp³-hybridized carbons (Fsp3) is 0.208. The van der Waals surface area contributed by atoms with E-state index in [9.17, 15) is 9.90 Å². The van der Waals surface area contributed by atoms with Gasteiger partial charge in [0.2, 0.25) is 0 Å². The number of hydrogen-bond donors (Lipinski definition) is 0. The quantitative estimate of drug-likeness (QED) is 0.637. The van der Waals surface area contributed by atoms with Crippen LogP contribution in [0.2, 0.25) is 0 Å². The van der Waals surface area contributed by atoms with Crippen molar-refractivity contribution >= 4 is 29.1 Å². The van der Waals surface area contributed by atoms with Gasteiger partial charge in [-0.1, -0.05) is 61.5 Å². The Bertz CT molecular complexity index is 718. The molecule has 0 radical (unpaired) electrons. The normalized spacial score (nSPS) is 10.8. The third kappa shape index (κ3) is 4.84. The summed E-state index contributed by atoms with van der Waals surface area (Å²) in [6.07, 6.45) is 0.111. The second kappa shape index (κ2) is 10.0. The average Bonchev–Trinajstić information content (AvgIpc) is 2.71. The molecule has 27 heavy (non-hydrogen) atoms. The molecule has 3 rings (SSSR count). The van der Waals surface area contributed by atoms with Gasteiger partial charge < -0.3 is 9.90 Å². The molecule has 0 aliphatic heterocycles. The molecule has 0 bridgehead atoms. The molecule has 3 aromatic rings. The molecule has 2 nitrogen and oxygen atoms in total. The van der Waals surface area contributed by atoms with Crippen LogP contribution < -0.4 is 21.0 Å². The van der Waals surface area contributed by atoms with Gasteiger partial charge in [-0.15, -0.1) is 0 Å². The van der Waals surface area contributed by atoms with Gasteiger partial charge in [-0.05, 0) is 56.7 Å². The maximum Gasteiger partial charge on any atom is 0.114 e. The Morgan fingerprint density at radius 2 is 1.00 bits per heavy atom. The largest absolute Gasteiger partial charge is 0.550 e. The summed E-state index contributed by atoms with van der Waals surface area (Å²) in [6, 6.07) is 33.1. The molecule has 0 spiro atoms. The number of carboxylic acid groups (broad SMARTS) is 1. The number of carbonyl (C=O) groups excluding carboxylic acids is 1. The fourth-order valence-electron chi connectivity index (χ4n) is 3.33. The van der Waals surface area contributed by atoms with E-state index in [-0.39, 0.29) is 6.42 Å². The topological polar surface area (TPSA) is 40.1 Å². The summed E-state index contributed by atoms with van der Waals surface area (Å²) in [6.45, 7) is 6.26. The van der Waals surface area contributed by atoms with Crippen LogP contribution in [0.3, 0.4) is 0 Å². The van der Waals surface area contributed by atoms with Gasteiger partial charge in [0.05, 0.1) is 5.66 Å². The van der Waals surface area contributed by atoms with Gasteiger partial charge in [0.25, 0.3) is 0 Å². The molecule has 0 aliphatic rings. The van der Waals surface area contributed by atoms with Crippen molar-refractivity contribution in [1.29, 1.82) is 0 Å². The van der Waals surface area contributed by atoms with Crippen molar-refractivity contribution in [3.63, 3.8) is 0 Å². The summed E-state index contributed by atoms with van der Waals surface area (Å²) >= 11 is 0. The zero-order chi connectivity index (χ0) is 19.7. The minimum atomic E-state index is -1.63. The number of aliphatic carboxylic acids is 1. The van der Waals surface area contributed by atoms with Crippen LogP contribution in [0.4, 0.5) is 0 Å². The minimum Gasteiger partial charge on any atom is -0.550 e. The molecule has 0 atom stereocenters. The Kier molecular flexibility index (Phi) is 7.76. The Balaban J connectivity index is 0.000000465. The lowest BCUT2D eigenvalue weighted by Crippen LogP contribution is -2.36. The molecule has 0 saturated heterocycles. The third-order valence-electron chi connectivity index (χ3n) is 4.55. The van der Waals surface area contributed by atoms with Gasteiger partial charge in [0.15, 0.2) is 0 Å². The summed E-state index contributed by atoms with van der Waals surface area (Å²) in [5.41, 5.74) is 0.555. The summed E-state index contributed by atoms with van der Waals surface area (Å²) in [4.78, 5) is 9.26. The molecule has 0 unspecified atom stereocenters.